The highest BCUT2D eigenvalue weighted by Crippen LogP contribution is 2.37. The molecule has 0 saturated carbocycles. The molecule has 0 amide bonds. The second kappa shape index (κ2) is 5.70. The maximum absolute atomic E-state index is 12.6. The fourth-order valence-corrected chi connectivity index (χ4v) is 1.95. The first kappa shape index (κ1) is 16.3. The molecular weight excluding hydrogens is 340 g/mol. The molecule has 0 aliphatic carbocycles. The molecule has 1 aromatic carbocycles. The summed E-state index contributed by atoms with van der Waals surface area (Å²) >= 11 is 2.75. The van der Waals surface area contributed by atoms with Crippen LogP contribution < -0.4 is 5.73 Å². The van der Waals surface area contributed by atoms with Crippen molar-refractivity contribution < 1.29 is 26.3 Å². The third-order valence-electron chi connectivity index (χ3n) is 2.46. The monoisotopic (exact) mass is 349 g/mol. The Morgan fingerprint density at radius 1 is 1.11 bits per heavy atom. The quantitative estimate of drug-likeness (QED) is 0.778. The number of nitrogens with two attached hydrogens (primary N) is 1. The number of rotatable bonds is 3. The SMILES string of the molecule is NC(CCC(F)(F)F)c1ccc(Br)c(C(F)(F)F)c1. The summed E-state index contributed by atoms with van der Waals surface area (Å²) in [7, 11) is 0. The minimum Gasteiger partial charge on any atom is -0.324 e. The van der Waals surface area contributed by atoms with Gasteiger partial charge in [-0.1, -0.05) is 22.0 Å². The van der Waals surface area contributed by atoms with Crippen molar-refractivity contribution in [2.75, 3.05) is 0 Å². The van der Waals surface area contributed by atoms with Gasteiger partial charge in [0.05, 0.1) is 5.56 Å². The average molecular weight is 350 g/mol. The van der Waals surface area contributed by atoms with E-state index in [0.717, 1.165) is 12.1 Å². The van der Waals surface area contributed by atoms with E-state index in [1.807, 2.05) is 0 Å². The second-order valence-corrected chi connectivity index (χ2v) is 4.85. The molecule has 0 heterocycles. The highest BCUT2D eigenvalue weighted by molar-refractivity contribution is 9.10. The summed E-state index contributed by atoms with van der Waals surface area (Å²) in [5, 5.41) is 0. The summed E-state index contributed by atoms with van der Waals surface area (Å²) in [6.45, 7) is 0. The normalized spacial score (nSPS) is 14.5. The van der Waals surface area contributed by atoms with E-state index >= 15 is 0 Å². The van der Waals surface area contributed by atoms with Crippen LogP contribution in [0.15, 0.2) is 22.7 Å². The molecule has 8 heteroatoms. The van der Waals surface area contributed by atoms with Crippen LogP contribution in [0.25, 0.3) is 0 Å². The molecule has 19 heavy (non-hydrogen) atoms. The molecule has 1 rings (SSSR count). The average Bonchev–Trinajstić information content (AvgIpc) is 2.24. The zero-order chi connectivity index (χ0) is 14.8. The molecule has 0 aromatic heterocycles. The first-order chi connectivity index (χ1) is 8.50. The lowest BCUT2D eigenvalue weighted by Crippen LogP contribution is -2.17. The molecule has 0 spiro atoms. The molecular formula is C11H10BrF6N. The van der Waals surface area contributed by atoms with E-state index in [2.05, 4.69) is 15.9 Å². The smallest absolute Gasteiger partial charge is 0.324 e. The number of hydrogen-bond acceptors (Lipinski definition) is 1. The Morgan fingerprint density at radius 2 is 1.68 bits per heavy atom. The summed E-state index contributed by atoms with van der Waals surface area (Å²) in [4.78, 5) is 0. The van der Waals surface area contributed by atoms with E-state index in [9.17, 15) is 26.3 Å². The molecule has 1 unspecified atom stereocenters. The van der Waals surface area contributed by atoms with E-state index in [-0.39, 0.29) is 10.0 Å². The van der Waals surface area contributed by atoms with Crippen molar-refractivity contribution in [2.45, 2.75) is 31.2 Å². The molecule has 0 bridgehead atoms. The fraction of sp³-hybridized carbons (Fsp3) is 0.455. The zero-order valence-corrected chi connectivity index (χ0v) is 11.0. The maximum atomic E-state index is 12.6. The molecule has 0 aliphatic rings. The molecule has 0 saturated heterocycles. The topological polar surface area (TPSA) is 26.0 Å². The van der Waals surface area contributed by atoms with Crippen molar-refractivity contribution in [1.29, 1.82) is 0 Å². The summed E-state index contributed by atoms with van der Waals surface area (Å²) in [6, 6.07) is 2.09. The predicted octanol–water partition coefficient (Wildman–Crippen LogP) is 4.81. The Balaban J connectivity index is 2.90. The van der Waals surface area contributed by atoms with E-state index in [4.69, 9.17) is 5.73 Å². The minimum absolute atomic E-state index is 0.0276. The zero-order valence-electron chi connectivity index (χ0n) is 9.45. The van der Waals surface area contributed by atoms with Crippen LogP contribution in [-0.2, 0) is 6.18 Å². The third-order valence-corrected chi connectivity index (χ3v) is 3.15. The lowest BCUT2D eigenvalue weighted by molar-refractivity contribution is -0.139. The van der Waals surface area contributed by atoms with Gasteiger partial charge in [-0.2, -0.15) is 26.3 Å². The first-order valence-electron chi connectivity index (χ1n) is 5.19. The number of alkyl halides is 6. The molecule has 1 nitrogen and oxygen atoms in total. The van der Waals surface area contributed by atoms with Gasteiger partial charge in [-0.3, -0.25) is 0 Å². The molecule has 1 aromatic rings. The van der Waals surface area contributed by atoms with E-state index in [1.54, 1.807) is 0 Å². The summed E-state index contributed by atoms with van der Waals surface area (Å²) < 4.78 is 73.7. The molecule has 0 radical (unpaired) electrons. The molecule has 1 atom stereocenters. The van der Waals surface area contributed by atoms with Gasteiger partial charge >= 0.3 is 12.4 Å². The Morgan fingerprint density at radius 3 is 2.16 bits per heavy atom. The van der Waals surface area contributed by atoms with Crippen LogP contribution in [-0.4, -0.2) is 6.18 Å². The van der Waals surface area contributed by atoms with Gasteiger partial charge in [-0.05, 0) is 24.1 Å². The van der Waals surface area contributed by atoms with Crippen molar-refractivity contribution >= 4 is 15.9 Å². The van der Waals surface area contributed by atoms with Gasteiger partial charge in [0.2, 0.25) is 0 Å². The number of halogens is 7. The van der Waals surface area contributed by atoms with Gasteiger partial charge in [-0.25, -0.2) is 0 Å². The van der Waals surface area contributed by atoms with E-state index in [0.29, 0.717) is 0 Å². The van der Waals surface area contributed by atoms with Gasteiger partial charge < -0.3 is 5.73 Å². The van der Waals surface area contributed by atoms with Crippen molar-refractivity contribution in [1.82, 2.24) is 0 Å². The fourth-order valence-electron chi connectivity index (χ4n) is 1.48. The lowest BCUT2D eigenvalue weighted by atomic mass is 10.0. The Hall–Kier alpha value is -0.760. The Kier molecular flexibility index (Phi) is 4.89. The van der Waals surface area contributed by atoms with Crippen molar-refractivity contribution in [2.24, 2.45) is 5.73 Å². The Bertz CT molecular complexity index is 440. The van der Waals surface area contributed by atoms with E-state index < -0.39 is 36.8 Å². The van der Waals surface area contributed by atoms with Gasteiger partial charge in [0.1, 0.15) is 0 Å². The van der Waals surface area contributed by atoms with Crippen molar-refractivity contribution in [3.63, 3.8) is 0 Å². The third kappa shape index (κ3) is 5.02. The van der Waals surface area contributed by atoms with Gasteiger partial charge in [0.15, 0.2) is 0 Å². The Labute approximate surface area is 113 Å². The van der Waals surface area contributed by atoms with Gasteiger partial charge in [0.25, 0.3) is 0 Å². The van der Waals surface area contributed by atoms with Crippen LogP contribution in [0.2, 0.25) is 0 Å². The minimum atomic E-state index is -4.58. The molecule has 0 fully saturated rings. The van der Waals surface area contributed by atoms with Gasteiger partial charge in [0, 0.05) is 16.9 Å². The van der Waals surface area contributed by atoms with Crippen LogP contribution in [0.5, 0.6) is 0 Å². The number of hydrogen-bond donors (Lipinski definition) is 1. The van der Waals surface area contributed by atoms with Crippen LogP contribution in [0, 0.1) is 0 Å². The van der Waals surface area contributed by atoms with Crippen LogP contribution in [0.4, 0.5) is 26.3 Å². The van der Waals surface area contributed by atoms with Crippen molar-refractivity contribution in [3.05, 3.63) is 33.8 Å². The summed E-state index contributed by atoms with van der Waals surface area (Å²) in [6.07, 6.45) is -10.5. The van der Waals surface area contributed by atoms with Crippen LogP contribution in [0.3, 0.4) is 0 Å². The van der Waals surface area contributed by atoms with Crippen molar-refractivity contribution in [3.8, 4) is 0 Å². The standard InChI is InChI=1S/C11H10BrF6N/c12-8-2-1-6(5-7(8)11(16,17)18)9(19)3-4-10(13,14)15/h1-2,5,9H,3-4,19H2. The number of benzene rings is 1. The largest absolute Gasteiger partial charge is 0.417 e. The molecule has 0 aliphatic heterocycles. The van der Waals surface area contributed by atoms with E-state index in [1.165, 1.54) is 6.07 Å². The van der Waals surface area contributed by atoms with Crippen LogP contribution >= 0.6 is 15.9 Å². The summed E-state index contributed by atoms with van der Waals surface area (Å²) in [5.74, 6) is 0. The second-order valence-electron chi connectivity index (χ2n) is 4.00. The molecule has 108 valence electrons. The van der Waals surface area contributed by atoms with Crippen LogP contribution in [0.1, 0.15) is 30.0 Å². The first-order valence-corrected chi connectivity index (χ1v) is 5.99. The molecule has 2 N–H and O–H groups in total. The predicted molar refractivity (Wildman–Crippen MR) is 61.4 cm³/mol. The maximum Gasteiger partial charge on any atom is 0.417 e. The highest BCUT2D eigenvalue weighted by atomic mass is 79.9. The lowest BCUT2D eigenvalue weighted by Gasteiger charge is -2.16. The highest BCUT2D eigenvalue weighted by Gasteiger charge is 2.34. The summed E-state index contributed by atoms with van der Waals surface area (Å²) in [5.41, 5.74) is 4.56. The van der Waals surface area contributed by atoms with Gasteiger partial charge in [-0.15, -0.1) is 0 Å².